The molecule has 8 heteroatoms. The first-order valence-electron chi connectivity index (χ1n) is 7.95. The second-order valence-corrected chi connectivity index (χ2v) is 5.68. The van der Waals surface area contributed by atoms with Crippen molar-refractivity contribution in [1.82, 2.24) is 25.7 Å². The third-order valence-corrected chi connectivity index (χ3v) is 3.87. The van der Waals surface area contributed by atoms with E-state index in [9.17, 15) is 9.59 Å². The highest BCUT2D eigenvalue weighted by atomic mass is 16.5. The average molecular weight is 341 g/mol. The van der Waals surface area contributed by atoms with E-state index in [1.165, 1.54) is 12.4 Å². The molecule has 0 spiro atoms. The molecule has 0 unspecified atom stereocenters. The van der Waals surface area contributed by atoms with Gasteiger partial charge < -0.3 is 9.64 Å². The van der Waals surface area contributed by atoms with Gasteiger partial charge in [0.1, 0.15) is 0 Å². The largest absolute Gasteiger partial charge is 0.374 e. The lowest BCUT2D eigenvalue weighted by Gasteiger charge is -2.38. The highest BCUT2D eigenvalue weighted by Crippen LogP contribution is 2.25. The standard InChI is InChI=1S/C17H19N5O3/c1-12-10-22(14(11-25-12)13-6-3-2-4-7-13)17(24)21-20-16(23)15-18-8-5-9-19-15/h2-9,12,14H,10-11H2,1H3,(H,20,23)(H,21,24)/t12-,14+/m1/s1. The smallest absolute Gasteiger partial charge is 0.336 e. The molecule has 2 atom stereocenters. The van der Waals surface area contributed by atoms with Crippen LogP contribution in [0.1, 0.15) is 29.1 Å². The van der Waals surface area contributed by atoms with Gasteiger partial charge in [0.15, 0.2) is 0 Å². The molecule has 1 fully saturated rings. The maximum absolute atomic E-state index is 12.6. The van der Waals surface area contributed by atoms with Crippen LogP contribution in [0.25, 0.3) is 0 Å². The van der Waals surface area contributed by atoms with Crippen molar-refractivity contribution in [2.24, 2.45) is 0 Å². The number of ether oxygens (including phenoxy) is 1. The monoisotopic (exact) mass is 341 g/mol. The van der Waals surface area contributed by atoms with Crippen LogP contribution in [0.4, 0.5) is 4.79 Å². The Kier molecular flexibility index (Phi) is 5.20. The molecule has 1 aromatic heterocycles. The molecule has 0 saturated carbocycles. The van der Waals surface area contributed by atoms with Gasteiger partial charge >= 0.3 is 11.9 Å². The van der Waals surface area contributed by atoms with Crippen LogP contribution < -0.4 is 10.9 Å². The minimum absolute atomic E-state index is 0.0160. The minimum Gasteiger partial charge on any atom is -0.374 e. The molecule has 1 aliphatic heterocycles. The summed E-state index contributed by atoms with van der Waals surface area (Å²) in [7, 11) is 0. The van der Waals surface area contributed by atoms with Crippen LogP contribution in [-0.2, 0) is 4.74 Å². The highest BCUT2D eigenvalue weighted by Gasteiger charge is 2.31. The maximum atomic E-state index is 12.6. The summed E-state index contributed by atoms with van der Waals surface area (Å²) >= 11 is 0. The van der Waals surface area contributed by atoms with Gasteiger partial charge in [-0.25, -0.2) is 20.2 Å². The normalized spacial score (nSPS) is 20.0. The summed E-state index contributed by atoms with van der Waals surface area (Å²) < 4.78 is 5.69. The number of aromatic nitrogens is 2. The quantitative estimate of drug-likeness (QED) is 0.803. The summed E-state index contributed by atoms with van der Waals surface area (Å²) in [5, 5.41) is 0. The van der Waals surface area contributed by atoms with Crippen LogP contribution in [-0.4, -0.2) is 46.1 Å². The number of nitrogens with zero attached hydrogens (tertiary/aromatic N) is 3. The average Bonchev–Trinajstić information content (AvgIpc) is 2.67. The molecule has 2 N–H and O–H groups in total. The van der Waals surface area contributed by atoms with Gasteiger partial charge in [-0.1, -0.05) is 30.3 Å². The lowest BCUT2D eigenvalue weighted by atomic mass is 10.0. The Balaban J connectivity index is 1.67. The van der Waals surface area contributed by atoms with Gasteiger partial charge in [-0.3, -0.25) is 10.2 Å². The van der Waals surface area contributed by atoms with Gasteiger partial charge in [-0.2, -0.15) is 0 Å². The zero-order valence-electron chi connectivity index (χ0n) is 13.8. The van der Waals surface area contributed by atoms with Gasteiger partial charge in [0.2, 0.25) is 5.82 Å². The number of benzene rings is 1. The Morgan fingerprint density at radius 2 is 1.84 bits per heavy atom. The van der Waals surface area contributed by atoms with E-state index in [4.69, 9.17) is 4.74 Å². The molecule has 8 nitrogen and oxygen atoms in total. The van der Waals surface area contributed by atoms with Gasteiger partial charge in [-0.05, 0) is 18.6 Å². The molecule has 3 amide bonds. The number of carbonyl (C=O) groups excluding carboxylic acids is 2. The number of amides is 3. The van der Waals surface area contributed by atoms with Crippen LogP contribution in [0, 0.1) is 0 Å². The molecule has 1 aromatic carbocycles. The number of hydrazine groups is 1. The zero-order valence-corrected chi connectivity index (χ0v) is 13.8. The van der Waals surface area contributed by atoms with Gasteiger partial charge in [0.05, 0.1) is 18.8 Å². The molecular weight excluding hydrogens is 322 g/mol. The Morgan fingerprint density at radius 3 is 2.56 bits per heavy atom. The number of hydrogen-bond donors (Lipinski definition) is 2. The minimum atomic E-state index is -0.577. The van der Waals surface area contributed by atoms with Gasteiger partial charge in [0.25, 0.3) is 0 Å². The van der Waals surface area contributed by atoms with E-state index in [2.05, 4.69) is 20.8 Å². The van der Waals surface area contributed by atoms with E-state index >= 15 is 0 Å². The van der Waals surface area contributed by atoms with E-state index in [1.807, 2.05) is 37.3 Å². The first-order chi connectivity index (χ1) is 12.1. The van der Waals surface area contributed by atoms with E-state index in [1.54, 1.807) is 11.0 Å². The molecule has 2 heterocycles. The third-order valence-electron chi connectivity index (χ3n) is 3.87. The van der Waals surface area contributed by atoms with Gasteiger partial charge in [-0.15, -0.1) is 0 Å². The van der Waals surface area contributed by atoms with Crippen molar-refractivity contribution >= 4 is 11.9 Å². The lowest BCUT2D eigenvalue weighted by Crippen LogP contribution is -2.54. The van der Waals surface area contributed by atoms with Crippen molar-refractivity contribution < 1.29 is 14.3 Å². The van der Waals surface area contributed by atoms with Crippen LogP contribution in [0.2, 0.25) is 0 Å². The van der Waals surface area contributed by atoms with Crippen molar-refractivity contribution in [1.29, 1.82) is 0 Å². The molecule has 0 bridgehead atoms. The fraction of sp³-hybridized carbons (Fsp3) is 0.294. The SMILES string of the molecule is C[C@@H]1CN(C(=O)NNC(=O)c2ncccn2)[C@H](c2ccccc2)CO1. The summed E-state index contributed by atoms with van der Waals surface area (Å²) in [5.74, 6) is -0.593. The number of nitrogens with one attached hydrogen (secondary N) is 2. The van der Waals surface area contributed by atoms with E-state index in [0.717, 1.165) is 5.56 Å². The molecule has 3 rings (SSSR count). The van der Waals surface area contributed by atoms with Crippen molar-refractivity contribution in [2.75, 3.05) is 13.2 Å². The van der Waals surface area contributed by atoms with E-state index in [0.29, 0.717) is 13.2 Å². The molecule has 0 aliphatic carbocycles. The molecular formula is C17H19N5O3. The second kappa shape index (κ2) is 7.71. The van der Waals surface area contributed by atoms with Crippen LogP contribution >= 0.6 is 0 Å². The Hall–Kier alpha value is -3.00. The second-order valence-electron chi connectivity index (χ2n) is 5.68. The van der Waals surface area contributed by atoms with Crippen LogP contribution in [0.5, 0.6) is 0 Å². The fourth-order valence-electron chi connectivity index (χ4n) is 2.63. The Bertz CT molecular complexity index is 726. The zero-order chi connectivity index (χ0) is 17.6. The van der Waals surface area contributed by atoms with Crippen LogP contribution in [0.3, 0.4) is 0 Å². The summed E-state index contributed by atoms with van der Waals surface area (Å²) in [4.78, 5) is 33.8. The predicted molar refractivity (Wildman–Crippen MR) is 89.3 cm³/mol. The first-order valence-corrected chi connectivity index (χ1v) is 7.95. The van der Waals surface area contributed by atoms with Crippen molar-refractivity contribution in [3.05, 3.63) is 60.2 Å². The predicted octanol–water partition coefficient (Wildman–Crippen LogP) is 1.29. The molecule has 2 aromatic rings. The van der Waals surface area contributed by atoms with Crippen molar-refractivity contribution in [3.63, 3.8) is 0 Å². The summed E-state index contributed by atoms with van der Waals surface area (Å²) in [6, 6.07) is 10.6. The van der Waals surface area contributed by atoms with E-state index < -0.39 is 11.9 Å². The number of rotatable bonds is 2. The van der Waals surface area contributed by atoms with Crippen molar-refractivity contribution in [2.45, 2.75) is 19.1 Å². The number of urea groups is 1. The summed E-state index contributed by atoms with van der Waals surface area (Å²) in [6.07, 6.45) is 2.83. The van der Waals surface area contributed by atoms with Crippen LogP contribution in [0.15, 0.2) is 48.8 Å². The molecule has 1 saturated heterocycles. The maximum Gasteiger partial charge on any atom is 0.336 e. The summed E-state index contributed by atoms with van der Waals surface area (Å²) in [5.41, 5.74) is 5.73. The summed E-state index contributed by atoms with van der Waals surface area (Å²) in [6.45, 7) is 2.72. The number of hydrogen-bond acceptors (Lipinski definition) is 5. The van der Waals surface area contributed by atoms with E-state index in [-0.39, 0.29) is 18.0 Å². The topological polar surface area (TPSA) is 96.5 Å². The number of morpholine rings is 1. The fourth-order valence-corrected chi connectivity index (χ4v) is 2.63. The Morgan fingerprint density at radius 1 is 1.12 bits per heavy atom. The molecule has 0 radical (unpaired) electrons. The molecule has 1 aliphatic rings. The van der Waals surface area contributed by atoms with Crippen molar-refractivity contribution in [3.8, 4) is 0 Å². The Labute approximate surface area is 145 Å². The molecule has 130 valence electrons. The number of carbonyl (C=O) groups is 2. The lowest BCUT2D eigenvalue weighted by molar-refractivity contribution is -0.0385. The third kappa shape index (κ3) is 4.10. The molecule has 25 heavy (non-hydrogen) atoms. The highest BCUT2D eigenvalue weighted by molar-refractivity contribution is 5.91. The first kappa shape index (κ1) is 16.8. The van der Waals surface area contributed by atoms with Gasteiger partial charge in [0, 0.05) is 18.9 Å².